The van der Waals surface area contributed by atoms with Crippen LogP contribution in [-0.4, -0.2) is 12.2 Å². The number of nitrogens with one attached hydrogen (secondary N) is 1. The highest BCUT2D eigenvalue weighted by Crippen LogP contribution is 2.38. The first kappa shape index (κ1) is 13.7. The van der Waals surface area contributed by atoms with Crippen LogP contribution in [0.3, 0.4) is 0 Å². The number of para-hydroxylation sites is 1. The molecule has 2 rings (SSSR count). The van der Waals surface area contributed by atoms with Crippen LogP contribution in [0.1, 0.15) is 25.7 Å². The maximum atomic E-state index is 12.5. The van der Waals surface area contributed by atoms with Gasteiger partial charge in [-0.25, -0.2) is 0 Å². The standard InChI is InChI=1S/C13H15BrF3N/c14-11-3-1-2-4-12(11)18-10-7-5-9(6-8-10)13(15,16)17/h1-4,9-10,18H,5-8H2. The Kier molecular flexibility index (Phi) is 4.20. The van der Waals surface area contributed by atoms with Gasteiger partial charge in [0.1, 0.15) is 0 Å². The number of hydrogen-bond acceptors (Lipinski definition) is 1. The van der Waals surface area contributed by atoms with E-state index >= 15 is 0 Å². The van der Waals surface area contributed by atoms with Crippen LogP contribution in [0, 0.1) is 5.92 Å². The van der Waals surface area contributed by atoms with E-state index in [1.54, 1.807) is 0 Å². The van der Waals surface area contributed by atoms with Gasteiger partial charge in [-0.15, -0.1) is 0 Å². The maximum absolute atomic E-state index is 12.5. The lowest BCUT2D eigenvalue weighted by Crippen LogP contribution is -2.32. The molecule has 0 atom stereocenters. The van der Waals surface area contributed by atoms with Crippen molar-refractivity contribution in [3.63, 3.8) is 0 Å². The summed E-state index contributed by atoms with van der Waals surface area (Å²) in [5.41, 5.74) is 0.952. The van der Waals surface area contributed by atoms with Crippen molar-refractivity contribution < 1.29 is 13.2 Å². The third-order valence-corrected chi connectivity index (χ3v) is 4.12. The molecule has 0 radical (unpaired) electrons. The van der Waals surface area contributed by atoms with Gasteiger partial charge in [0.2, 0.25) is 0 Å². The molecule has 0 aliphatic heterocycles. The Balaban J connectivity index is 1.90. The van der Waals surface area contributed by atoms with E-state index in [4.69, 9.17) is 0 Å². The summed E-state index contributed by atoms with van der Waals surface area (Å²) >= 11 is 3.42. The molecule has 1 aliphatic carbocycles. The Morgan fingerprint density at radius 3 is 2.22 bits per heavy atom. The van der Waals surface area contributed by atoms with E-state index < -0.39 is 12.1 Å². The van der Waals surface area contributed by atoms with E-state index in [1.165, 1.54) is 0 Å². The molecule has 0 unspecified atom stereocenters. The Bertz CT molecular complexity index is 397. The quantitative estimate of drug-likeness (QED) is 0.809. The maximum Gasteiger partial charge on any atom is 0.391 e. The second-order valence-corrected chi connectivity index (χ2v) is 5.57. The van der Waals surface area contributed by atoms with E-state index in [2.05, 4.69) is 21.2 Å². The van der Waals surface area contributed by atoms with E-state index in [-0.39, 0.29) is 18.9 Å². The average molecular weight is 322 g/mol. The van der Waals surface area contributed by atoms with Gasteiger partial charge in [-0.3, -0.25) is 0 Å². The van der Waals surface area contributed by atoms with Crippen molar-refractivity contribution in [2.24, 2.45) is 5.92 Å². The van der Waals surface area contributed by atoms with Crippen LogP contribution in [0.2, 0.25) is 0 Å². The fourth-order valence-corrected chi connectivity index (χ4v) is 2.76. The molecule has 1 N–H and O–H groups in total. The number of benzene rings is 1. The van der Waals surface area contributed by atoms with Crippen LogP contribution >= 0.6 is 15.9 Å². The lowest BCUT2D eigenvalue weighted by Gasteiger charge is -2.31. The van der Waals surface area contributed by atoms with Crippen molar-refractivity contribution in [2.45, 2.75) is 37.9 Å². The molecule has 1 aromatic carbocycles. The fourth-order valence-electron chi connectivity index (χ4n) is 2.36. The van der Waals surface area contributed by atoms with E-state index in [0.29, 0.717) is 12.8 Å². The molecule has 0 aromatic heterocycles. The molecule has 1 aliphatic rings. The van der Waals surface area contributed by atoms with Crippen LogP contribution < -0.4 is 5.32 Å². The number of hydrogen-bond donors (Lipinski definition) is 1. The molecule has 1 saturated carbocycles. The molecule has 18 heavy (non-hydrogen) atoms. The Morgan fingerprint density at radius 1 is 1.06 bits per heavy atom. The third-order valence-electron chi connectivity index (χ3n) is 3.42. The smallest absolute Gasteiger partial charge is 0.381 e. The van der Waals surface area contributed by atoms with Gasteiger partial charge in [-0.05, 0) is 53.7 Å². The minimum absolute atomic E-state index is 0.141. The molecule has 0 bridgehead atoms. The number of rotatable bonds is 2. The Labute approximate surface area is 113 Å². The fraction of sp³-hybridized carbons (Fsp3) is 0.538. The molecule has 1 nitrogen and oxygen atoms in total. The molecule has 0 saturated heterocycles. The molecule has 1 fully saturated rings. The first-order chi connectivity index (χ1) is 8.47. The van der Waals surface area contributed by atoms with Crippen LogP contribution in [0.5, 0.6) is 0 Å². The first-order valence-electron chi connectivity index (χ1n) is 6.04. The lowest BCUT2D eigenvalue weighted by atomic mass is 9.85. The second-order valence-electron chi connectivity index (χ2n) is 4.71. The zero-order valence-electron chi connectivity index (χ0n) is 9.80. The highest BCUT2D eigenvalue weighted by atomic mass is 79.9. The van der Waals surface area contributed by atoms with Gasteiger partial charge in [0.15, 0.2) is 0 Å². The molecular weight excluding hydrogens is 307 g/mol. The van der Waals surface area contributed by atoms with Gasteiger partial charge < -0.3 is 5.32 Å². The first-order valence-corrected chi connectivity index (χ1v) is 6.84. The summed E-state index contributed by atoms with van der Waals surface area (Å²) in [6, 6.07) is 7.82. The lowest BCUT2D eigenvalue weighted by molar-refractivity contribution is -0.182. The van der Waals surface area contributed by atoms with Crippen LogP contribution in [0.15, 0.2) is 28.7 Å². The summed E-state index contributed by atoms with van der Waals surface area (Å²) in [5.74, 6) is -1.12. The van der Waals surface area contributed by atoms with Crippen molar-refractivity contribution in [1.82, 2.24) is 0 Å². The van der Waals surface area contributed by atoms with Crippen molar-refractivity contribution >= 4 is 21.6 Å². The summed E-state index contributed by atoms with van der Waals surface area (Å²) in [7, 11) is 0. The molecular formula is C13H15BrF3N. The number of halogens is 4. The van der Waals surface area contributed by atoms with Crippen LogP contribution in [0.4, 0.5) is 18.9 Å². The minimum atomic E-state index is -4.03. The van der Waals surface area contributed by atoms with E-state index in [0.717, 1.165) is 10.2 Å². The average Bonchev–Trinajstić information content (AvgIpc) is 2.32. The SMILES string of the molecule is FC(F)(F)C1CCC(Nc2ccccc2Br)CC1. The monoisotopic (exact) mass is 321 g/mol. The number of anilines is 1. The Hall–Kier alpha value is -0.710. The Morgan fingerprint density at radius 2 is 1.67 bits per heavy atom. The van der Waals surface area contributed by atoms with E-state index in [9.17, 15) is 13.2 Å². The van der Waals surface area contributed by atoms with Crippen molar-refractivity contribution in [3.8, 4) is 0 Å². The predicted octanol–water partition coefficient (Wildman–Crippen LogP) is 4.98. The molecule has 1 aromatic rings. The van der Waals surface area contributed by atoms with Crippen molar-refractivity contribution in [1.29, 1.82) is 0 Å². The highest BCUT2D eigenvalue weighted by molar-refractivity contribution is 9.10. The van der Waals surface area contributed by atoms with Gasteiger partial charge in [-0.2, -0.15) is 13.2 Å². The van der Waals surface area contributed by atoms with Gasteiger partial charge in [-0.1, -0.05) is 12.1 Å². The minimum Gasteiger partial charge on any atom is -0.381 e. The summed E-state index contributed by atoms with van der Waals surface area (Å²) in [6.45, 7) is 0. The summed E-state index contributed by atoms with van der Waals surface area (Å²) in [6.07, 6.45) is -2.42. The van der Waals surface area contributed by atoms with Crippen LogP contribution in [0.25, 0.3) is 0 Å². The second kappa shape index (κ2) is 5.51. The molecule has 0 amide bonds. The predicted molar refractivity (Wildman–Crippen MR) is 69.6 cm³/mol. The zero-order valence-corrected chi connectivity index (χ0v) is 11.4. The topological polar surface area (TPSA) is 12.0 Å². The molecule has 0 heterocycles. The zero-order chi connectivity index (χ0) is 13.2. The number of alkyl halides is 3. The van der Waals surface area contributed by atoms with Crippen molar-refractivity contribution in [3.05, 3.63) is 28.7 Å². The van der Waals surface area contributed by atoms with E-state index in [1.807, 2.05) is 24.3 Å². The molecule has 5 heteroatoms. The normalized spacial score (nSPS) is 24.9. The highest BCUT2D eigenvalue weighted by Gasteiger charge is 2.41. The third kappa shape index (κ3) is 3.40. The largest absolute Gasteiger partial charge is 0.391 e. The van der Waals surface area contributed by atoms with Gasteiger partial charge in [0, 0.05) is 16.2 Å². The molecule has 0 spiro atoms. The summed E-state index contributed by atoms with van der Waals surface area (Å²) in [5, 5.41) is 3.31. The summed E-state index contributed by atoms with van der Waals surface area (Å²) < 4.78 is 38.5. The van der Waals surface area contributed by atoms with Crippen molar-refractivity contribution in [2.75, 3.05) is 5.32 Å². The molecule has 100 valence electrons. The van der Waals surface area contributed by atoms with Gasteiger partial charge in [0.05, 0.1) is 5.92 Å². The van der Waals surface area contributed by atoms with Crippen LogP contribution in [-0.2, 0) is 0 Å². The summed E-state index contributed by atoms with van der Waals surface area (Å²) in [4.78, 5) is 0. The van der Waals surface area contributed by atoms with Gasteiger partial charge >= 0.3 is 6.18 Å². The van der Waals surface area contributed by atoms with Gasteiger partial charge in [0.25, 0.3) is 0 Å².